The summed E-state index contributed by atoms with van der Waals surface area (Å²) < 4.78 is 1.95. The number of likely N-dealkylation sites (tertiary alicyclic amines) is 1. The number of hydrogen-bond donors (Lipinski definition) is 1. The van der Waals surface area contributed by atoms with Crippen molar-refractivity contribution in [2.45, 2.75) is 83.1 Å². The third-order valence-electron chi connectivity index (χ3n) is 8.50. The number of para-hydroxylation sites is 1. The Bertz CT molecular complexity index is 1070. The summed E-state index contributed by atoms with van der Waals surface area (Å²) in [5.74, 6) is 0.110. The van der Waals surface area contributed by atoms with Gasteiger partial charge in [-0.15, -0.1) is 0 Å². The lowest BCUT2D eigenvalue weighted by molar-refractivity contribution is -0.129. The van der Waals surface area contributed by atoms with E-state index in [1.165, 1.54) is 12.8 Å². The Balaban J connectivity index is 1.17. The molecule has 4 heterocycles. The van der Waals surface area contributed by atoms with E-state index in [9.17, 15) is 9.59 Å². The number of carbonyl (C=O) groups is 2. The summed E-state index contributed by atoms with van der Waals surface area (Å²) in [7, 11) is 1.92. The molecule has 2 bridgehead atoms. The van der Waals surface area contributed by atoms with Crippen molar-refractivity contribution in [2.75, 3.05) is 33.2 Å². The molecule has 8 heteroatoms. The van der Waals surface area contributed by atoms with Crippen LogP contribution in [0.4, 0.5) is 0 Å². The van der Waals surface area contributed by atoms with Gasteiger partial charge in [-0.2, -0.15) is 5.10 Å². The molecule has 3 saturated heterocycles. The molecule has 0 radical (unpaired) electrons. The fourth-order valence-corrected chi connectivity index (χ4v) is 6.51. The number of rotatable bonds is 7. The van der Waals surface area contributed by atoms with Gasteiger partial charge in [0.15, 0.2) is 5.69 Å². The van der Waals surface area contributed by atoms with Crippen molar-refractivity contribution in [3.05, 3.63) is 30.0 Å². The van der Waals surface area contributed by atoms with Crippen molar-refractivity contribution >= 4 is 22.7 Å². The summed E-state index contributed by atoms with van der Waals surface area (Å²) in [6.07, 6.45) is 5.54. The number of nitrogens with one attached hydrogen (secondary N) is 1. The topological polar surface area (TPSA) is 73.7 Å². The van der Waals surface area contributed by atoms with E-state index >= 15 is 0 Å². The van der Waals surface area contributed by atoms with Crippen LogP contribution in [-0.4, -0.2) is 93.7 Å². The van der Waals surface area contributed by atoms with Crippen LogP contribution in [-0.2, 0) is 4.79 Å². The first-order chi connectivity index (χ1) is 16.8. The molecule has 2 unspecified atom stereocenters. The van der Waals surface area contributed by atoms with Gasteiger partial charge in [0.1, 0.15) is 0 Å². The maximum absolute atomic E-state index is 13.3. The molecule has 0 saturated carbocycles. The minimum absolute atomic E-state index is 0.0452. The van der Waals surface area contributed by atoms with E-state index in [0.29, 0.717) is 23.8 Å². The zero-order valence-corrected chi connectivity index (χ0v) is 21.6. The van der Waals surface area contributed by atoms with Crippen LogP contribution >= 0.6 is 0 Å². The van der Waals surface area contributed by atoms with Crippen LogP contribution in [0.2, 0.25) is 0 Å². The van der Waals surface area contributed by atoms with Gasteiger partial charge in [0, 0.05) is 75.7 Å². The predicted molar refractivity (Wildman–Crippen MR) is 137 cm³/mol. The highest BCUT2D eigenvalue weighted by Crippen LogP contribution is 2.36. The monoisotopic (exact) mass is 480 g/mol. The minimum Gasteiger partial charge on any atom is -0.348 e. The third kappa shape index (κ3) is 4.83. The lowest BCUT2D eigenvalue weighted by Gasteiger charge is -2.39. The highest BCUT2D eigenvalue weighted by molar-refractivity contribution is 6.05. The van der Waals surface area contributed by atoms with E-state index in [0.717, 1.165) is 56.3 Å². The first-order valence-corrected chi connectivity index (χ1v) is 13.3. The van der Waals surface area contributed by atoms with Crippen molar-refractivity contribution in [3.8, 4) is 0 Å². The summed E-state index contributed by atoms with van der Waals surface area (Å²) >= 11 is 0. The zero-order valence-electron chi connectivity index (χ0n) is 21.6. The molecule has 5 rings (SSSR count). The van der Waals surface area contributed by atoms with Crippen molar-refractivity contribution in [1.29, 1.82) is 0 Å². The molecule has 0 spiro atoms. The Morgan fingerprint density at radius 3 is 2.51 bits per heavy atom. The number of nitrogens with zero attached hydrogens (tertiary/aromatic N) is 5. The number of amides is 2. The van der Waals surface area contributed by atoms with Crippen LogP contribution in [0.1, 0.15) is 69.4 Å². The van der Waals surface area contributed by atoms with Gasteiger partial charge in [-0.3, -0.25) is 24.1 Å². The van der Waals surface area contributed by atoms with Gasteiger partial charge in [-0.25, -0.2) is 0 Å². The molecule has 190 valence electrons. The van der Waals surface area contributed by atoms with E-state index in [2.05, 4.69) is 34.1 Å². The normalized spacial score (nSPS) is 27.1. The molecule has 3 aliphatic heterocycles. The number of benzene rings is 1. The molecular formula is C27H40N6O2. The van der Waals surface area contributed by atoms with E-state index in [-0.39, 0.29) is 23.9 Å². The second-order valence-electron chi connectivity index (χ2n) is 11.0. The number of hydrogen-bond acceptors (Lipinski definition) is 5. The van der Waals surface area contributed by atoms with Crippen molar-refractivity contribution in [3.63, 3.8) is 0 Å². The van der Waals surface area contributed by atoms with Crippen LogP contribution in [0.5, 0.6) is 0 Å². The quantitative estimate of drug-likeness (QED) is 0.660. The first-order valence-electron chi connectivity index (χ1n) is 13.3. The molecule has 2 aromatic rings. The molecule has 3 aliphatic rings. The molecule has 0 aliphatic carbocycles. The average molecular weight is 481 g/mol. The standard InChI is InChI=1S/C27H40N6O2/c1-18(2)33-25-8-6-5-7-24(25)26(29-33)27(35)28-20-15-21-9-10-22(16-20)32(21)14-13-31-12-11-23(17-31)30(4)19(3)34/h5-8,18,20-23H,9-17H2,1-4H3,(H,28,35)/t20?,21?,22?,23-/m0/s1. The highest BCUT2D eigenvalue weighted by Gasteiger charge is 2.41. The largest absolute Gasteiger partial charge is 0.348 e. The minimum atomic E-state index is -0.0452. The van der Waals surface area contributed by atoms with Crippen LogP contribution in [0.3, 0.4) is 0 Å². The van der Waals surface area contributed by atoms with E-state index in [1.54, 1.807) is 6.92 Å². The highest BCUT2D eigenvalue weighted by atomic mass is 16.2. The van der Waals surface area contributed by atoms with Crippen molar-refractivity contribution < 1.29 is 9.59 Å². The average Bonchev–Trinajstić information content (AvgIpc) is 3.51. The summed E-state index contributed by atoms with van der Waals surface area (Å²) in [6.45, 7) is 10.0. The Hall–Kier alpha value is -2.45. The fraction of sp³-hybridized carbons (Fsp3) is 0.667. The first kappa shape index (κ1) is 24.3. The smallest absolute Gasteiger partial charge is 0.272 e. The third-order valence-corrected chi connectivity index (χ3v) is 8.50. The summed E-state index contributed by atoms with van der Waals surface area (Å²) in [6, 6.07) is 9.86. The van der Waals surface area contributed by atoms with Gasteiger partial charge in [-0.1, -0.05) is 18.2 Å². The number of carbonyl (C=O) groups excluding carboxylic acids is 2. The van der Waals surface area contributed by atoms with Gasteiger partial charge < -0.3 is 10.2 Å². The summed E-state index contributed by atoms with van der Waals surface area (Å²) in [4.78, 5) is 32.1. The molecule has 35 heavy (non-hydrogen) atoms. The van der Waals surface area contributed by atoms with E-state index in [1.807, 2.05) is 40.9 Å². The second-order valence-corrected chi connectivity index (χ2v) is 11.0. The Kier molecular flexibility index (Phi) is 6.86. The number of fused-ring (bicyclic) bond motifs is 3. The zero-order chi connectivity index (χ0) is 24.7. The van der Waals surface area contributed by atoms with Crippen molar-refractivity contribution in [2.24, 2.45) is 0 Å². The number of aromatic nitrogens is 2. The van der Waals surface area contributed by atoms with Gasteiger partial charge in [0.2, 0.25) is 5.91 Å². The second kappa shape index (κ2) is 9.90. The van der Waals surface area contributed by atoms with Crippen LogP contribution in [0.15, 0.2) is 24.3 Å². The molecule has 8 nitrogen and oxygen atoms in total. The Morgan fingerprint density at radius 1 is 1.11 bits per heavy atom. The van der Waals surface area contributed by atoms with Crippen LogP contribution < -0.4 is 5.32 Å². The fourth-order valence-electron chi connectivity index (χ4n) is 6.51. The van der Waals surface area contributed by atoms with Gasteiger partial charge in [0.25, 0.3) is 5.91 Å². The van der Waals surface area contributed by atoms with Crippen molar-refractivity contribution in [1.82, 2.24) is 29.8 Å². The van der Waals surface area contributed by atoms with Gasteiger partial charge in [0.05, 0.1) is 5.52 Å². The van der Waals surface area contributed by atoms with Gasteiger partial charge >= 0.3 is 0 Å². The number of piperidine rings is 1. The van der Waals surface area contributed by atoms with Crippen LogP contribution in [0, 0.1) is 0 Å². The Morgan fingerprint density at radius 2 is 1.83 bits per heavy atom. The maximum atomic E-state index is 13.3. The summed E-state index contributed by atoms with van der Waals surface area (Å²) in [5, 5.41) is 8.96. The SMILES string of the molecule is CC(=O)N(C)[C@H]1CCN(CCN2C3CCC2CC(NC(=O)c2nn(C(C)C)c4ccccc24)C3)C1. The molecule has 1 N–H and O–H groups in total. The molecule has 3 atom stereocenters. The van der Waals surface area contributed by atoms with Gasteiger partial charge in [-0.05, 0) is 52.0 Å². The molecular weight excluding hydrogens is 440 g/mol. The Labute approximate surface area is 208 Å². The molecule has 1 aromatic heterocycles. The lowest BCUT2D eigenvalue weighted by Crippen LogP contribution is -2.52. The molecule has 2 amide bonds. The lowest BCUT2D eigenvalue weighted by atomic mass is 9.97. The molecule has 1 aromatic carbocycles. The number of likely N-dealkylation sites (N-methyl/N-ethyl adjacent to an activating group) is 1. The van der Waals surface area contributed by atoms with Crippen LogP contribution in [0.25, 0.3) is 10.9 Å². The van der Waals surface area contributed by atoms with E-state index in [4.69, 9.17) is 0 Å². The predicted octanol–water partition coefficient (Wildman–Crippen LogP) is 2.90. The van der Waals surface area contributed by atoms with E-state index < -0.39 is 0 Å². The maximum Gasteiger partial charge on any atom is 0.272 e. The molecule has 3 fully saturated rings. The summed E-state index contributed by atoms with van der Waals surface area (Å²) in [5.41, 5.74) is 1.56.